The van der Waals surface area contributed by atoms with E-state index < -0.39 is 0 Å². The van der Waals surface area contributed by atoms with Gasteiger partial charge in [0.05, 0.1) is 0 Å². The van der Waals surface area contributed by atoms with Gasteiger partial charge in [0, 0.05) is 23.2 Å². The number of carbonyl (C=O) groups excluding carboxylic acids is 1. The van der Waals surface area contributed by atoms with Gasteiger partial charge in [0.2, 0.25) is 5.91 Å². The Kier molecular flexibility index (Phi) is 2.79. The molecule has 1 aliphatic rings. The van der Waals surface area contributed by atoms with Crippen LogP contribution in [0.4, 0.5) is 11.4 Å². The molecule has 0 spiro atoms. The van der Waals surface area contributed by atoms with Crippen LogP contribution in [-0.4, -0.2) is 11.0 Å². The van der Waals surface area contributed by atoms with Crippen molar-refractivity contribution in [3.63, 3.8) is 0 Å². The van der Waals surface area contributed by atoms with Crippen molar-refractivity contribution in [2.75, 3.05) is 10.6 Å². The third-order valence-electron chi connectivity index (χ3n) is 2.89. The smallest absolute Gasteiger partial charge is 0.225 e. The average Bonchev–Trinajstić information content (AvgIpc) is 2.13. The molecule has 1 amide bonds. The summed E-state index contributed by atoms with van der Waals surface area (Å²) in [5.41, 5.74) is 8.02. The predicted octanol–water partition coefficient (Wildman–Crippen LogP) is 1.96. The monoisotopic (exact) mass is 249 g/mol. The van der Waals surface area contributed by atoms with E-state index in [-0.39, 0.29) is 16.4 Å². The molecule has 0 saturated carbocycles. The summed E-state index contributed by atoms with van der Waals surface area (Å²) in [6.45, 7) is 4.12. The Hall–Kier alpha value is -1.62. The van der Waals surface area contributed by atoms with Gasteiger partial charge < -0.3 is 16.4 Å². The van der Waals surface area contributed by atoms with Gasteiger partial charge in [0.1, 0.15) is 0 Å². The molecule has 0 saturated heterocycles. The van der Waals surface area contributed by atoms with E-state index in [0.29, 0.717) is 6.42 Å². The third-order valence-corrected chi connectivity index (χ3v) is 2.99. The number of benzene rings is 1. The number of fused-ring (bicyclic) bond motifs is 1. The van der Waals surface area contributed by atoms with Gasteiger partial charge >= 0.3 is 0 Å². The van der Waals surface area contributed by atoms with E-state index >= 15 is 0 Å². The largest absolute Gasteiger partial charge is 0.376 e. The zero-order valence-electron chi connectivity index (χ0n) is 9.83. The van der Waals surface area contributed by atoms with E-state index in [9.17, 15) is 4.79 Å². The molecule has 4 nitrogen and oxygen atoms in total. The van der Waals surface area contributed by atoms with Crippen LogP contribution in [0.3, 0.4) is 0 Å². The SMILES string of the molecule is CC1(C)CC(=O)Nc2cc(NC(N)=S)ccc21. The minimum atomic E-state index is -0.139. The highest BCUT2D eigenvalue weighted by Crippen LogP contribution is 2.38. The number of anilines is 2. The quantitative estimate of drug-likeness (QED) is 0.666. The van der Waals surface area contributed by atoms with Gasteiger partial charge in [-0.3, -0.25) is 4.79 Å². The summed E-state index contributed by atoms with van der Waals surface area (Å²) in [4.78, 5) is 11.6. The summed E-state index contributed by atoms with van der Waals surface area (Å²) in [6.07, 6.45) is 0.502. The molecule has 90 valence electrons. The van der Waals surface area contributed by atoms with E-state index in [1.54, 1.807) is 0 Å². The normalized spacial score (nSPS) is 16.9. The van der Waals surface area contributed by atoms with Crippen LogP contribution in [0.5, 0.6) is 0 Å². The molecule has 1 aromatic carbocycles. The van der Waals surface area contributed by atoms with Crippen LogP contribution >= 0.6 is 12.2 Å². The Morgan fingerprint density at radius 1 is 1.53 bits per heavy atom. The Bertz CT molecular complexity index is 497. The van der Waals surface area contributed by atoms with Gasteiger partial charge in [0.25, 0.3) is 0 Å². The molecule has 0 bridgehead atoms. The van der Waals surface area contributed by atoms with Crippen LogP contribution < -0.4 is 16.4 Å². The molecule has 17 heavy (non-hydrogen) atoms. The van der Waals surface area contributed by atoms with Crippen LogP contribution in [0.15, 0.2) is 18.2 Å². The number of thiocarbonyl (C=S) groups is 1. The van der Waals surface area contributed by atoms with Gasteiger partial charge in [-0.2, -0.15) is 0 Å². The zero-order chi connectivity index (χ0) is 12.6. The summed E-state index contributed by atoms with van der Waals surface area (Å²) in [5, 5.41) is 5.94. The summed E-state index contributed by atoms with van der Waals surface area (Å²) in [7, 11) is 0. The highest BCUT2D eigenvalue weighted by atomic mass is 32.1. The van der Waals surface area contributed by atoms with E-state index in [1.165, 1.54) is 0 Å². The number of nitrogens with one attached hydrogen (secondary N) is 2. The fourth-order valence-electron chi connectivity index (χ4n) is 2.15. The van der Waals surface area contributed by atoms with Crippen LogP contribution in [0, 0.1) is 0 Å². The molecule has 1 aromatic rings. The van der Waals surface area contributed by atoms with Crippen LogP contribution in [0.1, 0.15) is 25.8 Å². The predicted molar refractivity (Wildman–Crippen MR) is 73.1 cm³/mol. The molecule has 5 heteroatoms. The van der Waals surface area contributed by atoms with E-state index in [0.717, 1.165) is 16.9 Å². The lowest BCUT2D eigenvalue weighted by molar-refractivity contribution is -0.117. The summed E-state index contributed by atoms with van der Waals surface area (Å²) in [5.74, 6) is 0.0370. The number of nitrogens with two attached hydrogens (primary N) is 1. The van der Waals surface area contributed by atoms with Gasteiger partial charge in [0.15, 0.2) is 5.11 Å². The van der Waals surface area contributed by atoms with Crippen molar-refractivity contribution in [1.29, 1.82) is 0 Å². The van der Waals surface area contributed by atoms with E-state index in [1.807, 2.05) is 18.2 Å². The number of rotatable bonds is 1. The summed E-state index contributed by atoms with van der Waals surface area (Å²) < 4.78 is 0. The molecule has 0 unspecified atom stereocenters. The molecule has 0 aliphatic carbocycles. The molecule has 0 aromatic heterocycles. The lowest BCUT2D eigenvalue weighted by Gasteiger charge is -2.32. The van der Waals surface area contributed by atoms with Crippen LogP contribution in [0.2, 0.25) is 0 Å². The first kappa shape index (κ1) is 11.9. The molecule has 0 fully saturated rings. The number of carbonyl (C=O) groups is 1. The summed E-state index contributed by atoms with van der Waals surface area (Å²) >= 11 is 4.78. The molecule has 1 aliphatic heterocycles. The lowest BCUT2D eigenvalue weighted by atomic mass is 9.78. The average molecular weight is 249 g/mol. The van der Waals surface area contributed by atoms with Crippen molar-refractivity contribution in [3.8, 4) is 0 Å². The third kappa shape index (κ3) is 2.39. The molecular weight excluding hydrogens is 234 g/mol. The first-order chi connectivity index (χ1) is 7.88. The number of hydrogen-bond acceptors (Lipinski definition) is 2. The van der Waals surface area contributed by atoms with E-state index in [4.69, 9.17) is 18.0 Å². The lowest BCUT2D eigenvalue weighted by Crippen LogP contribution is -2.32. The minimum absolute atomic E-state index is 0.0370. The minimum Gasteiger partial charge on any atom is -0.376 e. The second-order valence-electron chi connectivity index (χ2n) is 4.86. The van der Waals surface area contributed by atoms with Crippen LogP contribution in [0.25, 0.3) is 0 Å². The van der Waals surface area contributed by atoms with Crippen molar-refractivity contribution < 1.29 is 4.79 Å². The Morgan fingerprint density at radius 3 is 2.88 bits per heavy atom. The molecule has 2 rings (SSSR count). The fraction of sp³-hybridized carbons (Fsp3) is 0.333. The fourth-order valence-corrected chi connectivity index (χ4v) is 2.27. The van der Waals surface area contributed by atoms with Gasteiger partial charge in [-0.15, -0.1) is 0 Å². The van der Waals surface area contributed by atoms with Crippen molar-refractivity contribution >= 4 is 34.6 Å². The van der Waals surface area contributed by atoms with Crippen molar-refractivity contribution in [2.45, 2.75) is 25.7 Å². The topological polar surface area (TPSA) is 67.2 Å². The molecule has 0 radical (unpaired) electrons. The maximum absolute atomic E-state index is 11.6. The molecule has 1 heterocycles. The van der Waals surface area contributed by atoms with Crippen molar-refractivity contribution in [3.05, 3.63) is 23.8 Å². The summed E-state index contributed by atoms with van der Waals surface area (Å²) in [6, 6.07) is 5.76. The number of hydrogen-bond donors (Lipinski definition) is 3. The molecule has 0 atom stereocenters. The molecule has 4 N–H and O–H groups in total. The Balaban J connectivity index is 2.42. The highest BCUT2D eigenvalue weighted by molar-refractivity contribution is 7.80. The highest BCUT2D eigenvalue weighted by Gasteiger charge is 2.31. The standard InChI is InChI=1S/C12H15N3OS/c1-12(2)6-10(16)15-9-5-7(14-11(13)17)3-4-8(9)12/h3-5H,6H2,1-2H3,(H,15,16)(H3,13,14,17). The van der Waals surface area contributed by atoms with Gasteiger partial charge in [-0.25, -0.2) is 0 Å². The van der Waals surface area contributed by atoms with Crippen LogP contribution in [-0.2, 0) is 10.2 Å². The van der Waals surface area contributed by atoms with Gasteiger partial charge in [-0.05, 0) is 29.9 Å². The van der Waals surface area contributed by atoms with Crippen molar-refractivity contribution in [2.24, 2.45) is 5.73 Å². The maximum Gasteiger partial charge on any atom is 0.225 e. The van der Waals surface area contributed by atoms with Crippen molar-refractivity contribution in [1.82, 2.24) is 0 Å². The second kappa shape index (κ2) is 4.00. The zero-order valence-corrected chi connectivity index (χ0v) is 10.6. The second-order valence-corrected chi connectivity index (χ2v) is 5.30. The van der Waals surface area contributed by atoms with Gasteiger partial charge in [-0.1, -0.05) is 19.9 Å². The Labute approximate surface area is 106 Å². The Morgan fingerprint density at radius 2 is 2.24 bits per heavy atom. The number of amides is 1. The first-order valence-corrected chi connectivity index (χ1v) is 5.80. The van der Waals surface area contributed by atoms with E-state index in [2.05, 4.69) is 24.5 Å². The maximum atomic E-state index is 11.6. The first-order valence-electron chi connectivity index (χ1n) is 5.39. The molecular formula is C12H15N3OS.